The van der Waals surface area contributed by atoms with Gasteiger partial charge < -0.3 is 0 Å². The van der Waals surface area contributed by atoms with E-state index in [1.807, 2.05) is 0 Å². The Kier molecular flexibility index (Phi) is 1.84. The molecule has 0 aromatic heterocycles. The molecule has 0 amide bonds. The zero-order valence-corrected chi connectivity index (χ0v) is 6.85. The van der Waals surface area contributed by atoms with E-state index in [1.54, 1.807) is 0 Å². The van der Waals surface area contributed by atoms with E-state index >= 15 is 0 Å². The SMILES string of the molecule is [O]c1c(F)c(F)c(F)c2ccccc12. The summed E-state index contributed by atoms with van der Waals surface area (Å²) in [6, 6.07) is 5.39. The molecule has 0 saturated carbocycles. The van der Waals surface area contributed by atoms with Gasteiger partial charge in [-0.25, -0.2) is 8.78 Å². The van der Waals surface area contributed by atoms with Gasteiger partial charge in [0.25, 0.3) is 0 Å². The molecule has 0 aliphatic carbocycles. The molecule has 14 heavy (non-hydrogen) atoms. The van der Waals surface area contributed by atoms with E-state index in [9.17, 15) is 18.3 Å². The van der Waals surface area contributed by atoms with Crippen LogP contribution < -0.4 is 0 Å². The molecule has 0 fully saturated rings. The molecule has 0 saturated heterocycles. The maximum atomic E-state index is 13.1. The summed E-state index contributed by atoms with van der Waals surface area (Å²) < 4.78 is 38.7. The first kappa shape index (κ1) is 8.87. The van der Waals surface area contributed by atoms with Crippen LogP contribution in [-0.4, -0.2) is 0 Å². The molecular weight excluding hydrogens is 193 g/mol. The summed E-state index contributed by atoms with van der Waals surface area (Å²) in [6.07, 6.45) is 0. The van der Waals surface area contributed by atoms with Crippen LogP contribution in [0.2, 0.25) is 0 Å². The van der Waals surface area contributed by atoms with Crippen LogP contribution in [-0.2, 0) is 5.11 Å². The molecule has 0 N–H and O–H groups in total. The highest BCUT2D eigenvalue weighted by Crippen LogP contribution is 2.32. The largest absolute Gasteiger partial charge is 0.286 e. The molecule has 2 aromatic carbocycles. The van der Waals surface area contributed by atoms with Crippen LogP contribution in [0.1, 0.15) is 0 Å². The first-order chi connectivity index (χ1) is 6.63. The van der Waals surface area contributed by atoms with Crippen molar-refractivity contribution in [1.29, 1.82) is 0 Å². The highest BCUT2D eigenvalue weighted by atomic mass is 19.2. The summed E-state index contributed by atoms with van der Waals surface area (Å²) in [5.41, 5.74) is 0. The third-order valence-corrected chi connectivity index (χ3v) is 1.99. The average molecular weight is 197 g/mol. The predicted octanol–water partition coefficient (Wildman–Crippen LogP) is 3.40. The minimum Gasteiger partial charge on any atom is -0.286 e. The number of hydrogen-bond donors (Lipinski definition) is 0. The Bertz CT molecular complexity index is 462. The number of hydrogen-bond acceptors (Lipinski definition) is 0. The van der Waals surface area contributed by atoms with Gasteiger partial charge in [-0.1, -0.05) is 24.3 Å². The summed E-state index contributed by atoms with van der Waals surface area (Å²) in [7, 11) is 0. The van der Waals surface area contributed by atoms with Gasteiger partial charge in [-0.2, -0.15) is 4.39 Å². The lowest BCUT2D eigenvalue weighted by Gasteiger charge is -2.02. The number of benzene rings is 2. The lowest BCUT2D eigenvalue weighted by atomic mass is 10.1. The summed E-state index contributed by atoms with van der Waals surface area (Å²) in [4.78, 5) is 0. The molecular formula is C10H4F3O. The van der Waals surface area contributed by atoms with Crippen LogP contribution in [0.5, 0.6) is 5.75 Å². The maximum Gasteiger partial charge on any atom is 0.225 e. The zero-order chi connectivity index (χ0) is 10.3. The topological polar surface area (TPSA) is 19.9 Å². The quantitative estimate of drug-likeness (QED) is 0.577. The van der Waals surface area contributed by atoms with Crippen LogP contribution in [0.4, 0.5) is 13.2 Å². The zero-order valence-electron chi connectivity index (χ0n) is 6.85. The Hall–Kier alpha value is -1.71. The highest BCUT2D eigenvalue weighted by molar-refractivity contribution is 5.88. The number of rotatable bonds is 0. The average Bonchev–Trinajstić information content (AvgIpc) is 2.23. The van der Waals surface area contributed by atoms with Gasteiger partial charge in [0, 0.05) is 10.8 Å². The van der Waals surface area contributed by atoms with Gasteiger partial charge in [0.15, 0.2) is 11.6 Å². The first-order valence-corrected chi connectivity index (χ1v) is 3.85. The monoisotopic (exact) mass is 197 g/mol. The van der Waals surface area contributed by atoms with Crippen molar-refractivity contribution in [2.45, 2.75) is 0 Å². The van der Waals surface area contributed by atoms with E-state index in [4.69, 9.17) is 0 Å². The fourth-order valence-electron chi connectivity index (χ4n) is 1.31. The third-order valence-electron chi connectivity index (χ3n) is 1.99. The van der Waals surface area contributed by atoms with Gasteiger partial charge >= 0.3 is 0 Å². The Morgan fingerprint density at radius 1 is 0.786 bits per heavy atom. The second-order valence-corrected chi connectivity index (χ2v) is 2.82. The van der Waals surface area contributed by atoms with Gasteiger partial charge in [-0.3, -0.25) is 5.11 Å². The van der Waals surface area contributed by atoms with Crippen molar-refractivity contribution < 1.29 is 18.3 Å². The van der Waals surface area contributed by atoms with Crippen molar-refractivity contribution in [1.82, 2.24) is 0 Å². The Balaban J connectivity index is 3.02. The van der Waals surface area contributed by atoms with Crippen LogP contribution in [0.25, 0.3) is 10.8 Å². The van der Waals surface area contributed by atoms with Gasteiger partial charge in [0.1, 0.15) is 0 Å². The third kappa shape index (κ3) is 1.04. The van der Waals surface area contributed by atoms with Gasteiger partial charge in [-0.15, -0.1) is 0 Å². The van der Waals surface area contributed by atoms with Crippen molar-refractivity contribution in [3.63, 3.8) is 0 Å². The lowest BCUT2D eigenvalue weighted by Crippen LogP contribution is -1.92. The summed E-state index contributed by atoms with van der Waals surface area (Å²) >= 11 is 0. The standard InChI is InChI=1S/C10H4F3O/c11-7-5-3-1-2-4-6(5)10(14)9(13)8(7)12/h1-4H. The molecule has 0 spiro atoms. The smallest absolute Gasteiger partial charge is 0.225 e. The van der Waals surface area contributed by atoms with Crippen LogP contribution >= 0.6 is 0 Å². The minimum absolute atomic E-state index is 0.149. The van der Waals surface area contributed by atoms with Crippen molar-refractivity contribution >= 4 is 10.8 Å². The summed E-state index contributed by atoms with van der Waals surface area (Å²) in [5, 5.41) is 10.8. The van der Waals surface area contributed by atoms with Gasteiger partial charge in [0.2, 0.25) is 11.6 Å². The van der Waals surface area contributed by atoms with Crippen molar-refractivity contribution in [2.75, 3.05) is 0 Å². The minimum atomic E-state index is -1.71. The van der Waals surface area contributed by atoms with Crippen molar-refractivity contribution in [3.8, 4) is 5.75 Å². The fourth-order valence-corrected chi connectivity index (χ4v) is 1.31. The molecule has 2 aromatic rings. The second kappa shape index (κ2) is 2.90. The molecule has 71 valence electrons. The van der Waals surface area contributed by atoms with Crippen molar-refractivity contribution in [3.05, 3.63) is 41.7 Å². The molecule has 4 heteroatoms. The summed E-state index contributed by atoms with van der Waals surface area (Å²) in [6.45, 7) is 0. The van der Waals surface area contributed by atoms with Gasteiger partial charge in [0.05, 0.1) is 0 Å². The Morgan fingerprint density at radius 2 is 1.36 bits per heavy atom. The molecule has 0 bridgehead atoms. The van der Waals surface area contributed by atoms with Crippen LogP contribution in [0, 0.1) is 17.5 Å². The van der Waals surface area contributed by atoms with Crippen LogP contribution in [0.15, 0.2) is 24.3 Å². The second-order valence-electron chi connectivity index (χ2n) is 2.82. The predicted molar refractivity (Wildman–Crippen MR) is 44.0 cm³/mol. The molecule has 2 rings (SSSR count). The van der Waals surface area contributed by atoms with Gasteiger partial charge in [-0.05, 0) is 0 Å². The number of halogens is 3. The van der Waals surface area contributed by atoms with E-state index in [0.29, 0.717) is 0 Å². The highest BCUT2D eigenvalue weighted by Gasteiger charge is 2.20. The molecule has 0 unspecified atom stereocenters. The van der Waals surface area contributed by atoms with Crippen LogP contribution in [0.3, 0.4) is 0 Å². The Labute approximate surface area is 77.4 Å². The van der Waals surface area contributed by atoms with E-state index in [0.717, 1.165) is 0 Å². The molecule has 0 aliphatic rings. The molecule has 0 heterocycles. The lowest BCUT2D eigenvalue weighted by molar-refractivity contribution is 0.320. The molecule has 1 nitrogen and oxygen atoms in total. The number of fused-ring (bicyclic) bond motifs is 1. The van der Waals surface area contributed by atoms with E-state index in [2.05, 4.69) is 0 Å². The van der Waals surface area contributed by atoms with E-state index in [1.165, 1.54) is 24.3 Å². The normalized spacial score (nSPS) is 10.8. The Morgan fingerprint density at radius 3 is 2.00 bits per heavy atom. The molecule has 0 aliphatic heterocycles. The first-order valence-electron chi connectivity index (χ1n) is 3.85. The van der Waals surface area contributed by atoms with E-state index < -0.39 is 23.2 Å². The van der Waals surface area contributed by atoms with E-state index in [-0.39, 0.29) is 10.8 Å². The molecule has 0 atom stereocenters. The fraction of sp³-hybridized carbons (Fsp3) is 0. The summed E-state index contributed by atoms with van der Waals surface area (Å²) in [5.74, 6) is -5.81. The molecule has 1 radical (unpaired) electrons. The maximum absolute atomic E-state index is 13.1. The van der Waals surface area contributed by atoms with Crippen molar-refractivity contribution in [2.24, 2.45) is 0 Å².